The van der Waals surface area contributed by atoms with E-state index in [1.54, 1.807) is 0 Å². The average Bonchev–Trinajstić information content (AvgIpc) is 2.27. The Hall–Kier alpha value is -0.170. The fourth-order valence-corrected chi connectivity index (χ4v) is 4.19. The number of hydrogen-bond acceptors (Lipinski definition) is 3. The minimum absolute atomic E-state index is 0.0599. The second-order valence-corrected chi connectivity index (χ2v) is 7.46. The van der Waals surface area contributed by atoms with Gasteiger partial charge in [-0.15, -0.1) is 0 Å². The van der Waals surface area contributed by atoms with Crippen molar-refractivity contribution in [1.29, 1.82) is 0 Å². The molecule has 1 saturated heterocycles. The largest absolute Gasteiger partial charge is 0.396 e. The van der Waals surface area contributed by atoms with Gasteiger partial charge in [0.05, 0.1) is 0 Å². The SMILES string of the molecule is CCCC(C)(C)NS(=O)(=O)N1CCCC(CO)C1. The Balaban J connectivity index is 2.68. The van der Waals surface area contributed by atoms with Gasteiger partial charge >= 0.3 is 0 Å². The van der Waals surface area contributed by atoms with E-state index in [1.165, 1.54) is 4.31 Å². The zero-order valence-corrected chi connectivity index (χ0v) is 12.5. The number of nitrogens with one attached hydrogen (secondary N) is 1. The molecule has 0 radical (unpaired) electrons. The van der Waals surface area contributed by atoms with Crippen molar-refractivity contribution in [3.05, 3.63) is 0 Å². The van der Waals surface area contributed by atoms with Gasteiger partial charge in [0, 0.05) is 25.2 Å². The lowest BCUT2D eigenvalue weighted by molar-refractivity contribution is 0.164. The summed E-state index contributed by atoms with van der Waals surface area (Å²) < 4.78 is 28.8. The summed E-state index contributed by atoms with van der Waals surface area (Å²) in [6, 6.07) is 0. The van der Waals surface area contributed by atoms with Gasteiger partial charge in [-0.05, 0) is 39.0 Å². The highest BCUT2D eigenvalue weighted by molar-refractivity contribution is 7.87. The first kappa shape index (κ1) is 15.9. The maximum Gasteiger partial charge on any atom is 0.279 e. The monoisotopic (exact) mass is 278 g/mol. The van der Waals surface area contributed by atoms with Gasteiger partial charge in [-0.1, -0.05) is 13.3 Å². The van der Waals surface area contributed by atoms with Crippen molar-refractivity contribution < 1.29 is 13.5 Å². The zero-order valence-electron chi connectivity index (χ0n) is 11.6. The predicted molar refractivity (Wildman–Crippen MR) is 72.4 cm³/mol. The number of piperidine rings is 1. The van der Waals surface area contributed by atoms with Crippen LogP contribution in [0.25, 0.3) is 0 Å². The molecule has 1 rings (SSSR count). The molecule has 108 valence electrons. The molecule has 5 nitrogen and oxygen atoms in total. The summed E-state index contributed by atoms with van der Waals surface area (Å²) in [5.74, 6) is 0.0737. The third-order valence-electron chi connectivity index (χ3n) is 3.36. The number of rotatable bonds is 6. The molecule has 18 heavy (non-hydrogen) atoms. The Morgan fingerprint density at radius 3 is 2.67 bits per heavy atom. The summed E-state index contributed by atoms with van der Waals surface area (Å²) in [6.45, 7) is 6.88. The molecule has 0 saturated carbocycles. The van der Waals surface area contributed by atoms with Crippen molar-refractivity contribution in [2.45, 2.75) is 52.0 Å². The van der Waals surface area contributed by atoms with Crippen LogP contribution in [0.4, 0.5) is 0 Å². The predicted octanol–water partition coefficient (Wildman–Crippen LogP) is 1.10. The Labute approximate surface area is 111 Å². The molecule has 1 fully saturated rings. The van der Waals surface area contributed by atoms with Crippen LogP contribution in [0, 0.1) is 5.92 Å². The zero-order chi connectivity index (χ0) is 13.8. The maximum atomic E-state index is 12.3. The molecule has 0 aromatic rings. The van der Waals surface area contributed by atoms with Gasteiger partial charge in [-0.2, -0.15) is 17.4 Å². The topological polar surface area (TPSA) is 69.6 Å². The molecule has 1 atom stereocenters. The molecule has 0 bridgehead atoms. The maximum absolute atomic E-state index is 12.3. The lowest BCUT2D eigenvalue weighted by Crippen LogP contribution is -2.53. The van der Waals surface area contributed by atoms with Crippen LogP contribution < -0.4 is 4.72 Å². The molecule has 6 heteroatoms. The van der Waals surface area contributed by atoms with Gasteiger partial charge in [-0.25, -0.2) is 0 Å². The highest BCUT2D eigenvalue weighted by Gasteiger charge is 2.32. The van der Waals surface area contributed by atoms with Gasteiger partial charge in [0.2, 0.25) is 0 Å². The highest BCUT2D eigenvalue weighted by Crippen LogP contribution is 2.20. The van der Waals surface area contributed by atoms with Crippen molar-refractivity contribution in [2.75, 3.05) is 19.7 Å². The Morgan fingerprint density at radius 2 is 2.11 bits per heavy atom. The van der Waals surface area contributed by atoms with E-state index in [4.69, 9.17) is 5.11 Å². The molecule has 0 amide bonds. The summed E-state index contributed by atoms with van der Waals surface area (Å²) in [7, 11) is -3.43. The van der Waals surface area contributed by atoms with Crippen LogP contribution in [0.1, 0.15) is 46.5 Å². The Kier molecular flexibility index (Phi) is 5.58. The second kappa shape index (κ2) is 6.32. The van der Waals surface area contributed by atoms with Crippen LogP contribution >= 0.6 is 0 Å². The molecule has 2 N–H and O–H groups in total. The van der Waals surface area contributed by atoms with Gasteiger partial charge in [0.15, 0.2) is 0 Å². The Bertz CT molecular complexity index is 354. The molecule has 0 aliphatic carbocycles. The lowest BCUT2D eigenvalue weighted by atomic mass is 10.0. The summed E-state index contributed by atoms with van der Waals surface area (Å²) in [5.41, 5.74) is -0.417. The molecule has 1 aliphatic rings. The van der Waals surface area contributed by atoms with Crippen molar-refractivity contribution in [1.82, 2.24) is 9.03 Å². The van der Waals surface area contributed by atoms with Crippen molar-refractivity contribution in [3.63, 3.8) is 0 Å². The standard InChI is InChI=1S/C12H26N2O3S/c1-4-7-12(2,3)13-18(16,17)14-8-5-6-11(9-14)10-15/h11,13,15H,4-10H2,1-3H3. The number of nitrogens with zero attached hydrogens (tertiary/aromatic N) is 1. The lowest BCUT2D eigenvalue weighted by Gasteiger charge is -2.34. The van der Waals surface area contributed by atoms with Crippen LogP contribution in [0.2, 0.25) is 0 Å². The fraction of sp³-hybridized carbons (Fsp3) is 1.00. The average molecular weight is 278 g/mol. The normalized spacial score (nSPS) is 23.2. The van der Waals surface area contributed by atoms with Crippen LogP contribution in [0.15, 0.2) is 0 Å². The van der Waals surface area contributed by atoms with Crippen LogP contribution in [0.5, 0.6) is 0 Å². The number of aliphatic hydroxyl groups excluding tert-OH is 1. The highest BCUT2D eigenvalue weighted by atomic mass is 32.2. The summed E-state index contributed by atoms with van der Waals surface area (Å²) in [6.07, 6.45) is 3.47. The second-order valence-electron chi connectivity index (χ2n) is 5.79. The molecule has 0 aromatic carbocycles. The minimum Gasteiger partial charge on any atom is -0.396 e. The quantitative estimate of drug-likeness (QED) is 0.764. The van der Waals surface area contributed by atoms with Crippen LogP contribution in [-0.2, 0) is 10.2 Å². The first-order chi connectivity index (χ1) is 8.30. The first-order valence-corrected chi connectivity index (χ1v) is 8.14. The molecule has 0 aromatic heterocycles. The van der Waals surface area contributed by atoms with E-state index in [9.17, 15) is 8.42 Å². The van der Waals surface area contributed by atoms with Crippen LogP contribution in [0.3, 0.4) is 0 Å². The van der Waals surface area contributed by atoms with Gasteiger partial charge in [0.1, 0.15) is 0 Å². The van der Waals surface area contributed by atoms with E-state index in [2.05, 4.69) is 4.72 Å². The third kappa shape index (κ3) is 4.50. The third-order valence-corrected chi connectivity index (χ3v) is 5.18. The molecule has 1 aliphatic heterocycles. The van der Waals surface area contributed by atoms with E-state index < -0.39 is 15.7 Å². The summed E-state index contributed by atoms with van der Waals surface area (Å²) in [4.78, 5) is 0. The van der Waals surface area contributed by atoms with Crippen molar-refractivity contribution in [2.24, 2.45) is 5.92 Å². The van der Waals surface area contributed by atoms with Gasteiger partial charge < -0.3 is 5.11 Å². The fourth-order valence-electron chi connectivity index (χ4n) is 2.48. The molecule has 1 heterocycles. The van der Waals surface area contributed by atoms with E-state index in [0.29, 0.717) is 13.1 Å². The van der Waals surface area contributed by atoms with Gasteiger partial charge in [0.25, 0.3) is 10.2 Å². The van der Waals surface area contributed by atoms with E-state index >= 15 is 0 Å². The Morgan fingerprint density at radius 1 is 1.44 bits per heavy atom. The number of aliphatic hydroxyl groups is 1. The smallest absolute Gasteiger partial charge is 0.279 e. The first-order valence-electron chi connectivity index (χ1n) is 6.70. The molecule has 0 spiro atoms. The van der Waals surface area contributed by atoms with Gasteiger partial charge in [-0.3, -0.25) is 0 Å². The van der Waals surface area contributed by atoms with E-state index in [1.807, 2.05) is 20.8 Å². The summed E-state index contributed by atoms with van der Waals surface area (Å²) >= 11 is 0. The number of hydrogen-bond donors (Lipinski definition) is 2. The summed E-state index contributed by atoms with van der Waals surface area (Å²) in [5, 5.41) is 9.15. The van der Waals surface area contributed by atoms with Crippen molar-refractivity contribution in [3.8, 4) is 0 Å². The van der Waals surface area contributed by atoms with E-state index in [0.717, 1.165) is 25.7 Å². The van der Waals surface area contributed by atoms with Crippen LogP contribution in [-0.4, -0.2) is 43.1 Å². The minimum atomic E-state index is -3.43. The molecule has 1 unspecified atom stereocenters. The van der Waals surface area contributed by atoms with Crippen molar-refractivity contribution >= 4 is 10.2 Å². The molecular formula is C12H26N2O3S. The van der Waals surface area contributed by atoms with E-state index in [-0.39, 0.29) is 12.5 Å². The molecular weight excluding hydrogens is 252 g/mol.